The van der Waals surface area contributed by atoms with Gasteiger partial charge in [-0.05, 0) is 18.0 Å². The fourth-order valence-electron chi connectivity index (χ4n) is 1.66. The lowest BCUT2D eigenvalue weighted by Crippen LogP contribution is -2.30. The van der Waals surface area contributed by atoms with Gasteiger partial charge in [0, 0.05) is 13.1 Å². The Bertz CT molecular complexity index is 374. The molecule has 1 atom stereocenters. The molecule has 0 amide bonds. The van der Waals surface area contributed by atoms with Crippen molar-refractivity contribution in [2.45, 2.75) is 31.5 Å². The van der Waals surface area contributed by atoms with Gasteiger partial charge in [0.2, 0.25) is 5.89 Å². The van der Waals surface area contributed by atoms with Crippen LogP contribution in [-0.2, 0) is 6.42 Å². The topological polar surface area (TPSA) is 62.4 Å². The number of nitrogens with zero attached hydrogens (tertiary/aromatic N) is 3. The molecule has 1 aliphatic rings. The van der Waals surface area contributed by atoms with E-state index >= 15 is 0 Å². The van der Waals surface area contributed by atoms with Gasteiger partial charge in [-0.1, -0.05) is 0 Å². The molecule has 0 bridgehead atoms. The summed E-state index contributed by atoms with van der Waals surface area (Å²) in [7, 11) is 0. The molecule has 17 heavy (non-hydrogen) atoms. The van der Waals surface area contributed by atoms with Crippen molar-refractivity contribution < 1.29 is 22.8 Å². The van der Waals surface area contributed by atoms with Crippen LogP contribution in [0.3, 0.4) is 0 Å². The lowest BCUT2D eigenvalue weighted by atomic mass is 10.2. The minimum atomic E-state index is -4.66. The molecule has 1 N–H and O–H groups in total. The largest absolute Gasteiger partial charge is 0.414 e. The Morgan fingerprint density at radius 3 is 2.59 bits per heavy atom. The second-order valence-corrected chi connectivity index (χ2v) is 3.94. The molecule has 2 heterocycles. The first kappa shape index (κ1) is 12.2. The molecule has 1 saturated heterocycles. The number of halogens is 3. The molecule has 0 radical (unpaired) electrons. The normalized spacial score (nSPS) is 18.7. The number of hydrogen-bond acceptors (Lipinski definition) is 5. The van der Waals surface area contributed by atoms with E-state index in [0.717, 1.165) is 25.9 Å². The van der Waals surface area contributed by atoms with Crippen molar-refractivity contribution in [3.8, 4) is 0 Å². The molecule has 1 unspecified atom stereocenters. The van der Waals surface area contributed by atoms with Crippen LogP contribution in [0.25, 0.3) is 0 Å². The molecule has 0 aliphatic carbocycles. The number of anilines is 1. The van der Waals surface area contributed by atoms with E-state index in [1.807, 2.05) is 4.90 Å². The van der Waals surface area contributed by atoms with Crippen molar-refractivity contribution in [3.63, 3.8) is 0 Å². The molecular weight excluding hydrogens is 239 g/mol. The van der Waals surface area contributed by atoms with E-state index in [-0.39, 0.29) is 5.89 Å². The Labute approximate surface area is 95.2 Å². The number of aromatic nitrogens is 2. The van der Waals surface area contributed by atoms with Crippen molar-refractivity contribution in [3.05, 3.63) is 5.89 Å². The monoisotopic (exact) mass is 251 g/mol. The Morgan fingerprint density at radius 1 is 1.35 bits per heavy atom. The van der Waals surface area contributed by atoms with E-state index in [1.165, 1.54) is 0 Å². The smallest absolute Gasteiger partial charge is 0.383 e. The highest BCUT2D eigenvalue weighted by molar-refractivity contribution is 5.28. The molecule has 0 spiro atoms. The first-order valence-electron chi connectivity index (χ1n) is 5.29. The Kier molecular flexibility index (Phi) is 3.23. The van der Waals surface area contributed by atoms with Gasteiger partial charge in [0.1, 0.15) is 0 Å². The molecule has 2 rings (SSSR count). The van der Waals surface area contributed by atoms with Crippen LogP contribution in [0.5, 0.6) is 0 Å². The van der Waals surface area contributed by atoms with Crippen molar-refractivity contribution in [2.75, 3.05) is 18.0 Å². The van der Waals surface area contributed by atoms with Crippen LogP contribution in [-0.4, -0.2) is 40.6 Å². The molecule has 8 heteroatoms. The molecule has 96 valence electrons. The summed E-state index contributed by atoms with van der Waals surface area (Å²) in [6.07, 6.45) is -5.81. The average Bonchev–Trinajstić information content (AvgIpc) is 2.83. The van der Waals surface area contributed by atoms with Crippen LogP contribution in [0, 0.1) is 0 Å². The molecule has 0 aromatic carbocycles. The third-order valence-electron chi connectivity index (χ3n) is 2.59. The first-order valence-corrected chi connectivity index (χ1v) is 5.29. The Morgan fingerprint density at radius 2 is 2.00 bits per heavy atom. The van der Waals surface area contributed by atoms with E-state index in [0.29, 0.717) is 5.95 Å². The molecule has 1 aliphatic heterocycles. The summed E-state index contributed by atoms with van der Waals surface area (Å²) in [5, 5.41) is 12.4. The highest BCUT2D eigenvalue weighted by atomic mass is 19.4. The number of alkyl halides is 3. The maximum Gasteiger partial charge on any atom is 0.414 e. The lowest BCUT2D eigenvalue weighted by molar-refractivity contribution is -0.204. The summed E-state index contributed by atoms with van der Waals surface area (Å²) in [6, 6.07) is 0. The van der Waals surface area contributed by atoms with Crippen LogP contribution in [0.4, 0.5) is 19.1 Å². The van der Waals surface area contributed by atoms with Gasteiger partial charge in [-0.3, -0.25) is 0 Å². The average molecular weight is 251 g/mol. The SMILES string of the molecule is OC(Cc1nc(N2CCCC2)no1)C(F)(F)F. The van der Waals surface area contributed by atoms with Crippen molar-refractivity contribution in [2.24, 2.45) is 0 Å². The zero-order valence-electron chi connectivity index (χ0n) is 8.94. The molecule has 0 saturated carbocycles. The summed E-state index contributed by atoms with van der Waals surface area (Å²) in [5.41, 5.74) is 0. The maximum absolute atomic E-state index is 12.1. The standard InChI is InChI=1S/C9H12F3N3O2/c10-9(11,12)6(16)5-7-13-8(14-17-7)15-3-1-2-4-15/h6,16H,1-5H2. The predicted octanol–water partition coefficient (Wildman–Crippen LogP) is 1.14. The van der Waals surface area contributed by atoms with Crippen molar-refractivity contribution in [1.29, 1.82) is 0 Å². The Balaban J connectivity index is 1.98. The first-order chi connectivity index (χ1) is 7.97. The molecule has 5 nitrogen and oxygen atoms in total. The molecule has 1 aromatic heterocycles. The van der Waals surface area contributed by atoms with E-state index in [2.05, 4.69) is 14.7 Å². The number of rotatable bonds is 3. The summed E-state index contributed by atoms with van der Waals surface area (Å²) >= 11 is 0. The van der Waals surface area contributed by atoms with E-state index < -0.39 is 18.7 Å². The highest BCUT2D eigenvalue weighted by Gasteiger charge is 2.39. The summed E-state index contributed by atoms with van der Waals surface area (Å²) < 4.78 is 41.0. The van der Waals surface area contributed by atoms with Gasteiger partial charge >= 0.3 is 6.18 Å². The molecule has 1 fully saturated rings. The second kappa shape index (κ2) is 4.52. The third kappa shape index (κ3) is 2.87. The van der Waals surface area contributed by atoms with Gasteiger partial charge in [-0.25, -0.2) is 0 Å². The fraction of sp³-hybridized carbons (Fsp3) is 0.778. The third-order valence-corrected chi connectivity index (χ3v) is 2.59. The quantitative estimate of drug-likeness (QED) is 0.872. The Hall–Kier alpha value is -1.31. The summed E-state index contributed by atoms with van der Waals surface area (Å²) in [6.45, 7) is 1.56. The minimum absolute atomic E-state index is 0.197. The van der Waals surface area contributed by atoms with Gasteiger partial charge in [0.05, 0.1) is 6.42 Å². The maximum atomic E-state index is 12.1. The van der Waals surface area contributed by atoms with Crippen LogP contribution < -0.4 is 4.90 Å². The number of aliphatic hydroxyl groups is 1. The number of aliphatic hydroxyl groups excluding tert-OH is 1. The lowest BCUT2D eigenvalue weighted by Gasteiger charge is -2.11. The highest BCUT2D eigenvalue weighted by Crippen LogP contribution is 2.23. The summed E-state index contributed by atoms with van der Waals surface area (Å²) in [4.78, 5) is 5.67. The van der Waals surface area contributed by atoms with Gasteiger partial charge in [-0.2, -0.15) is 18.2 Å². The van der Waals surface area contributed by atoms with Gasteiger partial charge in [0.25, 0.3) is 5.95 Å². The van der Waals surface area contributed by atoms with E-state index in [9.17, 15) is 13.2 Å². The van der Waals surface area contributed by atoms with E-state index in [1.54, 1.807) is 0 Å². The van der Waals surface area contributed by atoms with Crippen molar-refractivity contribution in [1.82, 2.24) is 10.1 Å². The zero-order valence-corrected chi connectivity index (χ0v) is 8.94. The van der Waals surface area contributed by atoms with Crippen LogP contribution in [0.2, 0.25) is 0 Å². The summed E-state index contributed by atoms with van der Waals surface area (Å²) in [5.74, 6) is 0.101. The van der Waals surface area contributed by atoms with Gasteiger partial charge < -0.3 is 14.5 Å². The van der Waals surface area contributed by atoms with Crippen LogP contribution in [0.1, 0.15) is 18.7 Å². The fourth-order valence-corrected chi connectivity index (χ4v) is 1.66. The van der Waals surface area contributed by atoms with E-state index in [4.69, 9.17) is 5.11 Å². The van der Waals surface area contributed by atoms with Gasteiger partial charge in [-0.15, -0.1) is 0 Å². The van der Waals surface area contributed by atoms with Crippen molar-refractivity contribution >= 4 is 5.95 Å². The second-order valence-electron chi connectivity index (χ2n) is 3.94. The van der Waals surface area contributed by atoms with Gasteiger partial charge in [0.15, 0.2) is 6.10 Å². The molecular formula is C9H12F3N3O2. The van der Waals surface area contributed by atoms with Crippen LogP contribution >= 0.6 is 0 Å². The predicted molar refractivity (Wildman–Crippen MR) is 51.5 cm³/mol. The minimum Gasteiger partial charge on any atom is -0.383 e. The van der Waals surface area contributed by atoms with Crippen LogP contribution in [0.15, 0.2) is 4.52 Å². The molecule has 1 aromatic rings. The zero-order chi connectivity index (χ0) is 12.5. The number of hydrogen-bond donors (Lipinski definition) is 1.